The second kappa shape index (κ2) is 7.38. The fraction of sp³-hybridized carbons (Fsp3) is 0.200. The van der Waals surface area contributed by atoms with E-state index in [9.17, 15) is 27.9 Å². The Morgan fingerprint density at radius 2 is 1.82 bits per heavy atom. The van der Waals surface area contributed by atoms with Gasteiger partial charge in [-0.05, 0) is 36.8 Å². The van der Waals surface area contributed by atoms with E-state index in [1.807, 2.05) is 0 Å². The number of benzene rings is 2. The number of alkyl halides is 3. The molecule has 1 N–H and O–H groups in total. The van der Waals surface area contributed by atoms with Crippen molar-refractivity contribution in [3.05, 3.63) is 75.1 Å². The molecule has 3 aromatic rings. The molecule has 5 nitrogen and oxygen atoms in total. The van der Waals surface area contributed by atoms with E-state index >= 15 is 0 Å². The van der Waals surface area contributed by atoms with E-state index in [0.717, 1.165) is 12.1 Å². The van der Waals surface area contributed by atoms with E-state index < -0.39 is 23.3 Å². The number of aryl methyl sites for hydroxylation is 1. The maximum Gasteiger partial charge on any atom is 0.416 e. The lowest BCUT2D eigenvalue weighted by Gasteiger charge is -2.10. The maximum absolute atomic E-state index is 12.6. The Balaban J connectivity index is 1.73. The predicted molar refractivity (Wildman–Crippen MR) is 93.8 cm³/mol. The Hall–Kier alpha value is -3.29. The van der Waals surface area contributed by atoms with Gasteiger partial charge in [0, 0.05) is 22.6 Å². The molecule has 0 saturated carbocycles. The number of esters is 1. The monoisotopic (exact) mass is 392 g/mol. The summed E-state index contributed by atoms with van der Waals surface area (Å²) in [7, 11) is 0. The summed E-state index contributed by atoms with van der Waals surface area (Å²) >= 11 is 0. The van der Waals surface area contributed by atoms with Crippen molar-refractivity contribution in [2.24, 2.45) is 0 Å². The molecule has 0 bridgehead atoms. The van der Waals surface area contributed by atoms with Gasteiger partial charge in [-0.1, -0.05) is 12.1 Å². The van der Waals surface area contributed by atoms with Gasteiger partial charge in [-0.15, -0.1) is 0 Å². The molecule has 0 aliphatic heterocycles. The molecular formula is C20H15F3O5. The number of fused-ring (bicyclic) bond motifs is 1. The van der Waals surface area contributed by atoms with Gasteiger partial charge >= 0.3 is 17.8 Å². The summed E-state index contributed by atoms with van der Waals surface area (Å²) in [5, 5.41) is 10.2. The highest BCUT2D eigenvalue weighted by Gasteiger charge is 2.30. The Morgan fingerprint density at radius 3 is 2.46 bits per heavy atom. The number of carbonyl (C=O) groups excluding carboxylic acids is 1. The van der Waals surface area contributed by atoms with Gasteiger partial charge in [0.25, 0.3) is 0 Å². The molecule has 0 saturated heterocycles. The highest BCUT2D eigenvalue weighted by molar-refractivity contribution is 5.85. The summed E-state index contributed by atoms with van der Waals surface area (Å²) in [5.74, 6) is -0.691. The quantitative estimate of drug-likeness (QED) is 0.534. The average molecular weight is 392 g/mol. The third kappa shape index (κ3) is 4.16. The number of carbonyl (C=O) groups is 1. The number of aromatic hydroxyl groups is 1. The van der Waals surface area contributed by atoms with Crippen molar-refractivity contribution in [2.75, 3.05) is 0 Å². The van der Waals surface area contributed by atoms with E-state index in [1.54, 1.807) is 13.0 Å². The Bertz CT molecular complexity index is 1080. The van der Waals surface area contributed by atoms with Crippen LogP contribution in [0.5, 0.6) is 5.75 Å². The third-order valence-corrected chi connectivity index (χ3v) is 4.24. The van der Waals surface area contributed by atoms with Crippen LogP contribution in [0.1, 0.15) is 22.3 Å². The van der Waals surface area contributed by atoms with Crippen LogP contribution in [0.25, 0.3) is 11.0 Å². The van der Waals surface area contributed by atoms with Gasteiger partial charge in [-0.3, -0.25) is 4.79 Å². The summed E-state index contributed by atoms with van der Waals surface area (Å²) in [4.78, 5) is 23.8. The predicted octanol–water partition coefficient (Wildman–Crippen LogP) is 4.11. The highest BCUT2D eigenvalue weighted by Crippen LogP contribution is 2.29. The Kier molecular flexibility index (Phi) is 5.13. The molecule has 0 fully saturated rings. The molecular weight excluding hydrogens is 377 g/mol. The van der Waals surface area contributed by atoms with E-state index in [2.05, 4.69) is 0 Å². The smallest absolute Gasteiger partial charge is 0.416 e. The molecule has 0 unspecified atom stereocenters. The molecule has 0 amide bonds. The fourth-order valence-corrected chi connectivity index (χ4v) is 2.72. The maximum atomic E-state index is 12.6. The number of ether oxygens (including phenoxy) is 1. The average Bonchev–Trinajstić information content (AvgIpc) is 2.63. The number of hydrogen-bond donors (Lipinski definition) is 1. The van der Waals surface area contributed by atoms with Crippen molar-refractivity contribution < 1.29 is 32.2 Å². The van der Waals surface area contributed by atoms with E-state index in [-0.39, 0.29) is 24.4 Å². The van der Waals surface area contributed by atoms with Crippen LogP contribution in [0.2, 0.25) is 0 Å². The molecule has 146 valence electrons. The van der Waals surface area contributed by atoms with Crippen LogP contribution in [-0.2, 0) is 28.7 Å². The van der Waals surface area contributed by atoms with Gasteiger partial charge in [-0.25, -0.2) is 4.79 Å². The largest absolute Gasteiger partial charge is 0.508 e. The molecule has 3 rings (SSSR count). The van der Waals surface area contributed by atoms with Crippen LogP contribution < -0.4 is 5.63 Å². The number of halogens is 3. The van der Waals surface area contributed by atoms with Crippen molar-refractivity contribution >= 4 is 16.9 Å². The number of hydrogen-bond acceptors (Lipinski definition) is 5. The van der Waals surface area contributed by atoms with Gasteiger partial charge in [0.2, 0.25) is 0 Å². The first-order valence-corrected chi connectivity index (χ1v) is 8.22. The van der Waals surface area contributed by atoms with Crippen LogP contribution in [0.4, 0.5) is 13.2 Å². The first-order chi connectivity index (χ1) is 13.1. The SMILES string of the molecule is Cc1c(O)ccc2c(COC(=O)Cc3ccc(C(F)(F)F)cc3)cc(=O)oc12. The lowest BCUT2D eigenvalue weighted by atomic mass is 10.1. The second-order valence-corrected chi connectivity index (χ2v) is 6.21. The van der Waals surface area contributed by atoms with Crippen molar-refractivity contribution in [3.8, 4) is 5.75 Å². The first kappa shape index (κ1) is 19.5. The van der Waals surface area contributed by atoms with E-state index in [4.69, 9.17) is 9.15 Å². The standard InChI is InChI=1S/C20H15F3O5/c1-11-16(24)7-6-15-13(9-18(26)28-19(11)15)10-27-17(25)8-12-2-4-14(5-3-12)20(21,22)23/h2-7,9,24H,8,10H2,1H3. The minimum absolute atomic E-state index is 0.0351. The fourth-order valence-electron chi connectivity index (χ4n) is 2.72. The van der Waals surface area contributed by atoms with E-state index in [1.165, 1.54) is 24.3 Å². The highest BCUT2D eigenvalue weighted by atomic mass is 19.4. The lowest BCUT2D eigenvalue weighted by Crippen LogP contribution is -2.10. The molecule has 0 aliphatic rings. The van der Waals surface area contributed by atoms with Gasteiger partial charge in [0.05, 0.1) is 12.0 Å². The zero-order valence-corrected chi connectivity index (χ0v) is 14.7. The topological polar surface area (TPSA) is 76.7 Å². The first-order valence-electron chi connectivity index (χ1n) is 8.22. The van der Waals surface area contributed by atoms with Crippen LogP contribution >= 0.6 is 0 Å². The Morgan fingerprint density at radius 1 is 1.14 bits per heavy atom. The molecule has 28 heavy (non-hydrogen) atoms. The minimum Gasteiger partial charge on any atom is -0.508 e. The molecule has 0 radical (unpaired) electrons. The van der Waals surface area contributed by atoms with Crippen LogP contribution in [0, 0.1) is 6.92 Å². The van der Waals surface area contributed by atoms with Crippen molar-refractivity contribution in [1.29, 1.82) is 0 Å². The third-order valence-electron chi connectivity index (χ3n) is 4.24. The molecule has 2 aromatic carbocycles. The zero-order chi connectivity index (χ0) is 20.5. The summed E-state index contributed by atoms with van der Waals surface area (Å²) in [6, 6.07) is 8.38. The summed E-state index contributed by atoms with van der Waals surface area (Å²) < 4.78 is 48.0. The summed E-state index contributed by atoms with van der Waals surface area (Å²) in [6.45, 7) is 1.37. The van der Waals surface area contributed by atoms with Crippen molar-refractivity contribution in [2.45, 2.75) is 26.1 Å². The van der Waals surface area contributed by atoms with Crippen molar-refractivity contribution in [3.63, 3.8) is 0 Å². The van der Waals surface area contributed by atoms with Crippen LogP contribution in [-0.4, -0.2) is 11.1 Å². The molecule has 1 heterocycles. The summed E-state index contributed by atoms with van der Waals surface area (Å²) in [5.41, 5.74) is -0.110. The normalized spacial score (nSPS) is 11.6. The zero-order valence-electron chi connectivity index (χ0n) is 14.7. The number of phenolic OH excluding ortho intramolecular Hbond substituents is 1. The number of rotatable bonds is 4. The molecule has 0 spiro atoms. The Labute approximate surface area is 157 Å². The van der Waals surface area contributed by atoms with Gasteiger partial charge in [0.1, 0.15) is 17.9 Å². The van der Waals surface area contributed by atoms with Gasteiger partial charge in [-0.2, -0.15) is 13.2 Å². The molecule has 0 aliphatic carbocycles. The summed E-state index contributed by atoms with van der Waals surface area (Å²) in [6.07, 6.45) is -4.65. The molecule has 0 atom stereocenters. The van der Waals surface area contributed by atoms with E-state index in [0.29, 0.717) is 22.1 Å². The lowest BCUT2D eigenvalue weighted by molar-refractivity contribution is -0.144. The molecule has 8 heteroatoms. The van der Waals surface area contributed by atoms with Gasteiger partial charge in [0.15, 0.2) is 0 Å². The second-order valence-electron chi connectivity index (χ2n) is 6.21. The molecule has 1 aromatic heterocycles. The van der Waals surface area contributed by atoms with Crippen molar-refractivity contribution in [1.82, 2.24) is 0 Å². The minimum atomic E-state index is -4.44. The van der Waals surface area contributed by atoms with Gasteiger partial charge < -0.3 is 14.3 Å². The number of phenols is 1. The van der Waals surface area contributed by atoms with Crippen LogP contribution in [0.15, 0.2) is 51.7 Å². The van der Waals surface area contributed by atoms with Crippen LogP contribution in [0.3, 0.4) is 0 Å².